The molecule has 0 aliphatic heterocycles. The fourth-order valence-electron chi connectivity index (χ4n) is 2.44. The van der Waals surface area contributed by atoms with Crippen molar-refractivity contribution in [2.24, 2.45) is 0 Å². The molecule has 0 radical (unpaired) electrons. The fourth-order valence-corrected chi connectivity index (χ4v) is 2.44. The molecular formula is C13H27N3O. The van der Waals surface area contributed by atoms with Crippen LogP contribution in [-0.4, -0.2) is 49.6 Å². The van der Waals surface area contributed by atoms with Gasteiger partial charge < -0.3 is 15.5 Å². The van der Waals surface area contributed by atoms with Gasteiger partial charge in [0.05, 0.1) is 6.54 Å². The molecule has 4 nitrogen and oxygen atoms in total. The quantitative estimate of drug-likeness (QED) is 0.728. The Balaban J connectivity index is 2.35. The Morgan fingerprint density at radius 2 is 1.88 bits per heavy atom. The van der Waals surface area contributed by atoms with Crippen LogP contribution in [0.5, 0.6) is 0 Å². The molecule has 0 aromatic rings. The number of hydrogen-bond donors (Lipinski definition) is 2. The monoisotopic (exact) mass is 241 g/mol. The Hall–Kier alpha value is -0.610. The summed E-state index contributed by atoms with van der Waals surface area (Å²) in [5, 5.41) is 6.20. The lowest BCUT2D eigenvalue weighted by Crippen LogP contribution is -2.52. The second kappa shape index (κ2) is 6.36. The van der Waals surface area contributed by atoms with Gasteiger partial charge in [0.15, 0.2) is 0 Å². The van der Waals surface area contributed by atoms with Gasteiger partial charge in [-0.3, -0.25) is 4.79 Å². The van der Waals surface area contributed by atoms with Crippen molar-refractivity contribution in [1.29, 1.82) is 0 Å². The van der Waals surface area contributed by atoms with E-state index in [1.165, 1.54) is 25.7 Å². The summed E-state index contributed by atoms with van der Waals surface area (Å²) in [4.78, 5) is 14.0. The molecule has 0 aromatic heterocycles. The first-order valence-corrected chi connectivity index (χ1v) is 6.64. The van der Waals surface area contributed by atoms with Crippen molar-refractivity contribution >= 4 is 5.91 Å². The van der Waals surface area contributed by atoms with Crippen LogP contribution >= 0.6 is 0 Å². The van der Waals surface area contributed by atoms with Gasteiger partial charge in [-0.2, -0.15) is 0 Å². The van der Waals surface area contributed by atoms with Crippen molar-refractivity contribution in [3.8, 4) is 0 Å². The summed E-state index contributed by atoms with van der Waals surface area (Å²) in [6.45, 7) is 5.29. The number of hydrogen-bond acceptors (Lipinski definition) is 3. The lowest BCUT2D eigenvalue weighted by molar-refractivity contribution is -0.120. The zero-order valence-electron chi connectivity index (χ0n) is 11.7. The van der Waals surface area contributed by atoms with E-state index in [4.69, 9.17) is 0 Å². The van der Waals surface area contributed by atoms with Crippen LogP contribution < -0.4 is 10.6 Å². The van der Waals surface area contributed by atoms with Crippen LogP contribution in [0.25, 0.3) is 0 Å². The van der Waals surface area contributed by atoms with Crippen LogP contribution in [0.2, 0.25) is 0 Å². The lowest BCUT2D eigenvalue weighted by Gasteiger charge is -2.36. The van der Waals surface area contributed by atoms with E-state index in [1.54, 1.807) is 0 Å². The average molecular weight is 241 g/mol. The highest BCUT2D eigenvalue weighted by molar-refractivity contribution is 5.78. The van der Waals surface area contributed by atoms with E-state index in [-0.39, 0.29) is 11.4 Å². The highest BCUT2D eigenvalue weighted by Gasteiger charge is 2.35. The molecule has 1 aliphatic carbocycles. The molecule has 17 heavy (non-hydrogen) atoms. The molecule has 0 heterocycles. The van der Waals surface area contributed by atoms with Gasteiger partial charge in [0.2, 0.25) is 5.91 Å². The SMILES string of the molecule is CC(C)NCC(=O)NCC1(N(C)C)CCCC1. The Morgan fingerprint density at radius 3 is 2.35 bits per heavy atom. The third kappa shape index (κ3) is 4.28. The van der Waals surface area contributed by atoms with Crippen LogP contribution in [-0.2, 0) is 4.79 Å². The maximum absolute atomic E-state index is 11.7. The Kier molecular flexibility index (Phi) is 5.40. The minimum absolute atomic E-state index is 0.104. The standard InChI is InChI=1S/C13H27N3O/c1-11(2)14-9-12(17)15-10-13(16(3)4)7-5-6-8-13/h11,14H,5-10H2,1-4H3,(H,15,17). The second-order valence-corrected chi connectivity index (χ2v) is 5.64. The van der Waals surface area contributed by atoms with E-state index in [0.717, 1.165) is 6.54 Å². The zero-order chi connectivity index (χ0) is 12.9. The summed E-state index contributed by atoms with van der Waals surface area (Å²) >= 11 is 0. The Labute approximate surface area is 105 Å². The van der Waals surface area contributed by atoms with Gasteiger partial charge in [0.25, 0.3) is 0 Å². The number of carbonyl (C=O) groups is 1. The van der Waals surface area contributed by atoms with Gasteiger partial charge in [0, 0.05) is 18.1 Å². The topological polar surface area (TPSA) is 44.4 Å². The minimum Gasteiger partial charge on any atom is -0.353 e. The van der Waals surface area contributed by atoms with E-state index in [0.29, 0.717) is 12.6 Å². The van der Waals surface area contributed by atoms with Crippen LogP contribution in [0.15, 0.2) is 0 Å². The molecule has 0 spiro atoms. The maximum Gasteiger partial charge on any atom is 0.234 e. The van der Waals surface area contributed by atoms with E-state index in [2.05, 4.69) is 29.6 Å². The summed E-state index contributed by atoms with van der Waals surface area (Å²) < 4.78 is 0. The molecule has 1 aliphatic rings. The number of nitrogens with one attached hydrogen (secondary N) is 2. The van der Waals surface area contributed by atoms with Crippen LogP contribution in [0.3, 0.4) is 0 Å². The molecule has 1 saturated carbocycles. The van der Waals surface area contributed by atoms with E-state index in [9.17, 15) is 4.79 Å². The van der Waals surface area contributed by atoms with Crippen LogP contribution in [0.1, 0.15) is 39.5 Å². The van der Waals surface area contributed by atoms with E-state index >= 15 is 0 Å². The first kappa shape index (κ1) is 14.5. The molecule has 4 heteroatoms. The van der Waals surface area contributed by atoms with E-state index < -0.39 is 0 Å². The molecule has 2 N–H and O–H groups in total. The van der Waals surface area contributed by atoms with Crippen molar-refractivity contribution < 1.29 is 4.79 Å². The van der Waals surface area contributed by atoms with Crippen molar-refractivity contribution in [3.63, 3.8) is 0 Å². The highest BCUT2D eigenvalue weighted by Crippen LogP contribution is 2.32. The van der Waals surface area contributed by atoms with Crippen molar-refractivity contribution in [2.75, 3.05) is 27.2 Å². The first-order chi connectivity index (χ1) is 7.96. The van der Waals surface area contributed by atoms with Gasteiger partial charge in [-0.1, -0.05) is 26.7 Å². The molecule has 1 rings (SSSR count). The Morgan fingerprint density at radius 1 is 1.29 bits per heavy atom. The first-order valence-electron chi connectivity index (χ1n) is 6.64. The zero-order valence-corrected chi connectivity index (χ0v) is 11.7. The molecular weight excluding hydrogens is 214 g/mol. The molecule has 1 amide bonds. The third-order valence-electron chi connectivity index (χ3n) is 3.77. The molecule has 1 fully saturated rings. The number of likely N-dealkylation sites (N-methyl/N-ethyl adjacent to an activating group) is 1. The molecule has 0 bridgehead atoms. The summed E-state index contributed by atoms with van der Waals surface area (Å²) in [5.74, 6) is 0.104. The number of nitrogens with zero attached hydrogens (tertiary/aromatic N) is 1. The Bertz CT molecular complexity index is 245. The van der Waals surface area contributed by atoms with Crippen molar-refractivity contribution in [1.82, 2.24) is 15.5 Å². The van der Waals surface area contributed by atoms with Crippen LogP contribution in [0.4, 0.5) is 0 Å². The predicted molar refractivity (Wildman–Crippen MR) is 71.0 cm³/mol. The van der Waals surface area contributed by atoms with Crippen LogP contribution in [0, 0.1) is 0 Å². The number of amides is 1. The molecule has 0 atom stereocenters. The predicted octanol–water partition coefficient (Wildman–Crippen LogP) is 0.975. The van der Waals surface area contributed by atoms with Gasteiger partial charge >= 0.3 is 0 Å². The molecule has 0 saturated heterocycles. The summed E-state index contributed by atoms with van der Waals surface area (Å²) in [5.41, 5.74) is 0.188. The third-order valence-corrected chi connectivity index (χ3v) is 3.77. The van der Waals surface area contributed by atoms with Crippen molar-refractivity contribution in [3.05, 3.63) is 0 Å². The van der Waals surface area contributed by atoms with Gasteiger partial charge in [-0.05, 0) is 26.9 Å². The van der Waals surface area contributed by atoms with Gasteiger partial charge in [-0.25, -0.2) is 0 Å². The van der Waals surface area contributed by atoms with Gasteiger partial charge in [-0.15, -0.1) is 0 Å². The molecule has 0 unspecified atom stereocenters. The lowest BCUT2D eigenvalue weighted by atomic mass is 9.96. The smallest absolute Gasteiger partial charge is 0.234 e. The second-order valence-electron chi connectivity index (χ2n) is 5.64. The largest absolute Gasteiger partial charge is 0.353 e. The van der Waals surface area contributed by atoms with Crippen molar-refractivity contribution in [2.45, 2.75) is 51.1 Å². The minimum atomic E-state index is 0.104. The highest BCUT2D eigenvalue weighted by atomic mass is 16.1. The fraction of sp³-hybridized carbons (Fsp3) is 0.923. The van der Waals surface area contributed by atoms with Gasteiger partial charge in [0.1, 0.15) is 0 Å². The number of rotatable bonds is 6. The summed E-state index contributed by atoms with van der Waals surface area (Å²) in [6.07, 6.45) is 4.94. The molecule has 100 valence electrons. The summed E-state index contributed by atoms with van der Waals surface area (Å²) in [7, 11) is 4.23. The summed E-state index contributed by atoms with van der Waals surface area (Å²) in [6, 6.07) is 0.357. The normalized spacial score (nSPS) is 18.9. The maximum atomic E-state index is 11.7. The average Bonchev–Trinajstić information content (AvgIpc) is 2.73. The molecule has 0 aromatic carbocycles. The van der Waals surface area contributed by atoms with E-state index in [1.807, 2.05) is 13.8 Å². The number of carbonyl (C=O) groups excluding carboxylic acids is 1.